The summed E-state index contributed by atoms with van der Waals surface area (Å²) >= 11 is 0. The van der Waals surface area contributed by atoms with Gasteiger partial charge in [0.1, 0.15) is 18.3 Å². The van der Waals surface area contributed by atoms with Crippen LogP contribution in [0.3, 0.4) is 0 Å². The molecule has 3 aromatic carbocycles. The number of carbonyl (C=O) groups is 2. The molecule has 202 valence electrons. The number of ether oxygens (including phenoxy) is 1. The topological polar surface area (TPSA) is 96.0 Å². The molecule has 3 rings (SSSR count). The molecule has 0 saturated carbocycles. The highest BCUT2D eigenvalue weighted by Crippen LogP contribution is 2.28. The minimum absolute atomic E-state index is 0.0562. The molecule has 0 heterocycles. The molecule has 0 fully saturated rings. The van der Waals surface area contributed by atoms with Crippen LogP contribution in [-0.4, -0.2) is 51.4 Å². The molecule has 1 atom stereocenters. The van der Waals surface area contributed by atoms with Crippen molar-refractivity contribution in [3.63, 3.8) is 0 Å². The van der Waals surface area contributed by atoms with Gasteiger partial charge in [-0.25, -0.2) is 8.42 Å². The number of benzene rings is 3. The Bertz CT molecular complexity index is 1370. The van der Waals surface area contributed by atoms with Crippen LogP contribution in [0, 0.1) is 13.8 Å². The van der Waals surface area contributed by atoms with Gasteiger partial charge in [-0.2, -0.15) is 0 Å². The first kappa shape index (κ1) is 28.7. The van der Waals surface area contributed by atoms with E-state index in [0.717, 1.165) is 21.0 Å². The first-order valence-electron chi connectivity index (χ1n) is 12.4. The smallest absolute Gasteiger partial charge is 0.264 e. The molecular weight excluding hydrogens is 502 g/mol. The van der Waals surface area contributed by atoms with E-state index in [-0.39, 0.29) is 23.0 Å². The maximum atomic E-state index is 13.9. The Kier molecular flexibility index (Phi) is 9.52. The molecule has 38 heavy (non-hydrogen) atoms. The Morgan fingerprint density at radius 3 is 2.26 bits per heavy atom. The van der Waals surface area contributed by atoms with E-state index in [1.165, 1.54) is 24.1 Å². The molecule has 1 N–H and O–H groups in total. The summed E-state index contributed by atoms with van der Waals surface area (Å²) in [5.41, 5.74) is 3.04. The summed E-state index contributed by atoms with van der Waals surface area (Å²) < 4.78 is 34.1. The molecule has 0 radical (unpaired) electrons. The average molecular weight is 538 g/mol. The summed E-state index contributed by atoms with van der Waals surface area (Å²) in [6.07, 6.45) is 0. The molecule has 0 aliphatic rings. The normalized spacial score (nSPS) is 11.9. The third kappa shape index (κ3) is 6.92. The van der Waals surface area contributed by atoms with Crippen LogP contribution in [-0.2, 0) is 26.2 Å². The maximum Gasteiger partial charge on any atom is 0.264 e. The summed E-state index contributed by atoms with van der Waals surface area (Å²) in [5.74, 6) is -0.377. The number of likely N-dealkylation sites (N-methyl/N-ethyl adjacent to an activating group) is 1. The van der Waals surface area contributed by atoms with E-state index in [0.29, 0.717) is 12.3 Å². The minimum atomic E-state index is -4.13. The van der Waals surface area contributed by atoms with E-state index in [1.807, 2.05) is 38.1 Å². The predicted molar refractivity (Wildman–Crippen MR) is 149 cm³/mol. The predicted octanol–water partition coefficient (Wildman–Crippen LogP) is 4.06. The van der Waals surface area contributed by atoms with Crippen molar-refractivity contribution in [1.29, 1.82) is 0 Å². The summed E-state index contributed by atoms with van der Waals surface area (Å²) in [5, 5.41) is 2.76. The number of methoxy groups -OCH3 is 1. The van der Waals surface area contributed by atoms with Crippen LogP contribution >= 0.6 is 0 Å². The Labute approximate surface area is 225 Å². The van der Waals surface area contributed by atoms with Crippen LogP contribution in [0.1, 0.15) is 30.5 Å². The van der Waals surface area contributed by atoms with E-state index < -0.39 is 28.5 Å². The van der Waals surface area contributed by atoms with Gasteiger partial charge in [0.15, 0.2) is 0 Å². The van der Waals surface area contributed by atoms with Crippen LogP contribution in [0.25, 0.3) is 0 Å². The molecule has 9 heteroatoms. The van der Waals surface area contributed by atoms with Gasteiger partial charge in [0.25, 0.3) is 10.0 Å². The number of rotatable bonds is 11. The molecule has 3 aromatic rings. The fourth-order valence-corrected chi connectivity index (χ4v) is 5.45. The van der Waals surface area contributed by atoms with Crippen molar-refractivity contribution in [2.45, 2.75) is 45.2 Å². The van der Waals surface area contributed by atoms with Crippen LogP contribution < -0.4 is 14.4 Å². The third-order valence-corrected chi connectivity index (χ3v) is 7.97. The summed E-state index contributed by atoms with van der Waals surface area (Å²) in [7, 11) is -2.64. The highest BCUT2D eigenvalue weighted by molar-refractivity contribution is 7.92. The number of anilines is 1. The SMILES string of the molecule is CCNC(=O)[C@H](C)N(Cc1cccc(C)c1)C(=O)CN(c1cccc(OC)c1)S(=O)(=O)c1ccc(C)cc1. The van der Waals surface area contributed by atoms with Crippen molar-refractivity contribution in [2.75, 3.05) is 24.5 Å². The number of hydrogen-bond donors (Lipinski definition) is 1. The van der Waals surface area contributed by atoms with Gasteiger partial charge in [0.2, 0.25) is 11.8 Å². The van der Waals surface area contributed by atoms with Gasteiger partial charge in [-0.3, -0.25) is 13.9 Å². The lowest BCUT2D eigenvalue weighted by Crippen LogP contribution is -2.51. The first-order valence-corrected chi connectivity index (χ1v) is 13.9. The first-order chi connectivity index (χ1) is 18.1. The number of nitrogens with one attached hydrogen (secondary N) is 1. The number of sulfonamides is 1. The lowest BCUT2D eigenvalue weighted by atomic mass is 10.1. The summed E-state index contributed by atoms with van der Waals surface area (Å²) in [4.78, 5) is 28.1. The second-order valence-electron chi connectivity index (χ2n) is 9.11. The molecule has 0 saturated heterocycles. The van der Waals surface area contributed by atoms with Gasteiger partial charge in [-0.1, -0.05) is 53.6 Å². The van der Waals surface area contributed by atoms with Crippen LogP contribution in [0.15, 0.2) is 77.7 Å². The number of carbonyl (C=O) groups excluding carboxylic acids is 2. The van der Waals surface area contributed by atoms with E-state index in [2.05, 4.69) is 5.32 Å². The lowest BCUT2D eigenvalue weighted by molar-refractivity contribution is -0.139. The Balaban J connectivity index is 2.05. The molecule has 0 aliphatic heterocycles. The Morgan fingerprint density at radius 1 is 0.947 bits per heavy atom. The molecule has 0 aromatic heterocycles. The largest absolute Gasteiger partial charge is 0.497 e. The van der Waals surface area contributed by atoms with Gasteiger partial charge < -0.3 is 15.0 Å². The van der Waals surface area contributed by atoms with Gasteiger partial charge >= 0.3 is 0 Å². The highest BCUT2D eigenvalue weighted by Gasteiger charge is 2.32. The van der Waals surface area contributed by atoms with Crippen LogP contribution in [0.2, 0.25) is 0 Å². The fraction of sp³-hybridized carbons (Fsp3) is 0.310. The lowest BCUT2D eigenvalue weighted by Gasteiger charge is -2.32. The number of aryl methyl sites for hydroxylation is 2. The second kappa shape index (κ2) is 12.6. The minimum Gasteiger partial charge on any atom is -0.497 e. The van der Waals surface area contributed by atoms with Crippen LogP contribution in [0.4, 0.5) is 5.69 Å². The average Bonchev–Trinajstić information content (AvgIpc) is 2.90. The Hall–Kier alpha value is -3.85. The molecule has 0 aliphatic carbocycles. The molecule has 0 spiro atoms. The monoisotopic (exact) mass is 537 g/mol. The maximum absolute atomic E-state index is 13.9. The van der Waals surface area contributed by atoms with E-state index in [9.17, 15) is 18.0 Å². The van der Waals surface area contributed by atoms with E-state index >= 15 is 0 Å². The van der Waals surface area contributed by atoms with Crippen LogP contribution in [0.5, 0.6) is 5.75 Å². The van der Waals surface area contributed by atoms with Crippen molar-refractivity contribution in [3.05, 3.63) is 89.5 Å². The van der Waals surface area contributed by atoms with Crippen molar-refractivity contribution < 1.29 is 22.7 Å². The summed E-state index contributed by atoms with van der Waals surface area (Å²) in [6, 6.07) is 19.8. The van der Waals surface area contributed by atoms with Gasteiger partial charge in [0, 0.05) is 19.2 Å². The van der Waals surface area contributed by atoms with Crippen molar-refractivity contribution in [1.82, 2.24) is 10.2 Å². The molecule has 8 nitrogen and oxygen atoms in total. The zero-order chi connectivity index (χ0) is 27.9. The number of nitrogens with zero attached hydrogens (tertiary/aromatic N) is 2. The van der Waals surface area contributed by atoms with Crippen molar-refractivity contribution >= 4 is 27.5 Å². The van der Waals surface area contributed by atoms with E-state index in [1.54, 1.807) is 50.2 Å². The molecule has 0 bridgehead atoms. The molecular formula is C29H35N3O5S. The quantitative estimate of drug-likeness (QED) is 0.398. The molecule has 2 amide bonds. The van der Waals surface area contributed by atoms with Crippen molar-refractivity contribution in [3.8, 4) is 5.75 Å². The number of hydrogen-bond acceptors (Lipinski definition) is 5. The molecule has 0 unspecified atom stereocenters. The van der Waals surface area contributed by atoms with Crippen molar-refractivity contribution in [2.24, 2.45) is 0 Å². The number of amides is 2. The standard InChI is InChI=1S/C29H35N3O5S/c1-6-30-29(34)23(4)31(19-24-10-7-9-22(3)17-24)28(33)20-32(25-11-8-12-26(18-25)37-5)38(35,36)27-15-13-21(2)14-16-27/h7-18,23H,6,19-20H2,1-5H3,(H,30,34)/t23-/m0/s1. The highest BCUT2D eigenvalue weighted by atomic mass is 32.2. The Morgan fingerprint density at radius 2 is 1.63 bits per heavy atom. The summed E-state index contributed by atoms with van der Waals surface area (Å²) in [6.45, 7) is 7.31. The van der Waals surface area contributed by atoms with Gasteiger partial charge in [0.05, 0.1) is 17.7 Å². The van der Waals surface area contributed by atoms with E-state index in [4.69, 9.17) is 4.74 Å². The second-order valence-corrected chi connectivity index (χ2v) is 11.0. The zero-order valence-corrected chi connectivity index (χ0v) is 23.3. The fourth-order valence-electron chi connectivity index (χ4n) is 4.04. The zero-order valence-electron chi connectivity index (χ0n) is 22.5. The van der Waals surface area contributed by atoms with Gasteiger partial charge in [-0.05, 0) is 57.5 Å². The third-order valence-electron chi connectivity index (χ3n) is 6.18. The van der Waals surface area contributed by atoms with Gasteiger partial charge in [-0.15, -0.1) is 0 Å².